The normalized spacial score (nSPS) is 10.3. The summed E-state index contributed by atoms with van der Waals surface area (Å²) in [4.78, 5) is 11.4. The number of hydrogen-bond acceptors (Lipinski definition) is 2. The predicted molar refractivity (Wildman–Crippen MR) is 83.8 cm³/mol. The van der Waals surface area contributed by atoms with Crippen LogP contribution in [0.3, 0.4) is 0 Å². The van der Waals surface area contributed by atoms with E-state index in [0.29, 0.717) is 6.42 Å². The molecule has 1 atom stereocenters. The van der Waals surface area contributed by atoms with Crippen molar-refractivity contribution in [2.45, 2.75) is 25.9 Å². The number of halogens is 1. The van der Waals surface area contributed by atoms with E-state index in [0.717, 1.165) is 16.5 Å². The summed E-state index contributed by atoms with van der Waals surface area (Å²) in [6.45, 7) is 5.25. The van der Waals surface area contributed by atoms with E-state index in [2.05, 4.69) is 46.2 Å². The van der Waals surface area contributed by atoms with Crippen molar-refractivity contribution < 1.29 is 9.53 Å². The SMILES string of the molecule is C=CCCC(C#Cc1ccc(Br)cc1)OC(=O)C#CC. The van der Waals surface area contributed by atoms with Gasteiger partial charge in [0.05, 0.1) is 0 Å². The number of carbonyl (C=O) groups is 1. The third-order valence-corrected chi connectivity index (χ3v) is 2.86. The van der Waals surface area contributed by atoms with Crippen molar-refractivity contribution in [1.29, 1.82) is 0 Å². The minimum Gasteiger partial charge on any atom is -0.440 e. The van der Waals surface area contributed by atoms with Crippen LogP contribution in [-0.2, 0) is 9.53 Å². The van der Waals surface area contributed by atoms with Gasteiger partial charge in [-0.15, -0.1) is 6.58 Å². The molecule has 0 heterocycles. The van der Waals surface area contributed by atoms with E-state index in [1.54, 1.807) is 13.0 Å². The molecule has 0 amide bonds. The summed E-state index contributed by atoms with van der Waals surface area (Å²) < 4.78 is 6.19. The van der Waals surface area contributed by atoms with Crippen LogP contribution in [0.25, 0.3) is 0 Å². The van der Waals surface area contributed by atoms with Crippen molar-refractivity contribution >= 4 is 21.9 Å². The zero-order chi connectivity index (χ0) is 14.8. The van der Waals surface area contributed by atoms with E-state index in [-0.39, 0.29) is 0 Å². The zero-order valence-electron chi connectivity index (χ0n) is 11.3. The maximum atomic E-state index is 11.4. The van der Waals surface area contributed by atoms with Crippen molar-refractivity contribution in [2.24, 2.45) is 0 Å². The first-order valence-corrected chi connectivity index (χ1v) is 6.96. The summed E-state index contributed by atoms with van der Waals surface area (Å²) in [6, 6.07) is 7.62. The van der Waals surface area contributed by atoms with Crippen LogP contribution >= 0.6 is 15.9 Å². The molecule has 0 radical (unpaired) electrons. The number of benzene rings is 1. The van der Waals surface area contributed by atoms with Gasteiger partial charge in [0.2, 0.25) is 0 Å². The molecule has 0 saturated carbocycles. The first-order valence-electron chi connectivity index (χ1n) is 6.17. The predicted octanol–water partition coefficient (Wildman–Crippen LogP) is 3.70. The van der Waals surface area contributed by atoms with Gasteiger partial charge in [-0.3, -0.25) is 0 Å². The van der Waals surface area contributed by atoms with Crippen LogP contribution in [0.2, 0.25) is 0 Å². The number of esters is 1. The Balaban J connectivity index is 2.77. The third kappa shape index (κ3) is 6.27. The van der Waals surface area contributed by atoms with Crippen molar-refractivity contribution in [3.05, 3.63) is 47.0 Å². The molecule has 0 bridgehead atoms. The second-order valence-corrected chi connectivity index (χ2v) is 4.83. The second-order valence-electron chi connectivity index (χ2n) is 3.91. The van der Waals surface area contributed by atoms with E-state index < -0.39 is 12.1 Å². The van der Waals surface area contributed by atoms with Gasteiger partial charge >= 0.3 is 5.97 Å². The first-order chi connectivity index (χ1) is 9.65. The highest BCUT2D eigenvalue weighted by Crippen LogP contribution is 2.10. The maximum Gasteiger partial charge on any atom is 0.385 e. The molecule has 3 heteroatoms. The molecule has 1 aromatic carbocycles. The number of rotatable bonds is 4. The van der Waals surface area contributed by atoms with Crippen LogP contribution in [0.4, 0.5) is 0 Å². The van der Waals surface area contributed by atoms with Gasteiger partial charge in [-0.2, -0.15) is 0 Å². The molecule has 0 spiro atoms. The minimum absolute atomic E-state index is 0.468. The summed E-state index contributed by atoms with van der Waals surface area (Å²) in [5, 5.41) is 0. The van der Waals surface area contributed by atoms with Crippen molar-refractivity contribution in [2.75, 3.05) is 0 Å². The molecule has 0 aliphatic carbocycles. The van der Waals surface area contributed by atoms with Gasteiger partial charge in [-0.25, -0.2) is 4.79 Å². The third-order valence-electron chi connectivity index (χ3n) is 2.33. The molecule has 2 nitrogen and oxygen atoms in total. The van der Waals surface area contributed by atoms with Crippen LogP contribution in [-0.4, -0.2) is 12.1 Å². The van der Waals surface area contributed by atoms with E-state index in [4.69, 9.17) is 4.74 Å². The molecule has 0 fully saturated rings. The van der Waals surface area contributed by atoms with E-state index >= 15 is 0 Å². The average Bonchev–Trinajstić information content (AvgIpc) is 2.44. The highest BCUT2D eigenvalue weighted by atomic mass is 79.9. The summed E-state index contributed by atoms with van der Waals surface area (Å²) in [6.07, 6.45) is 2.65. The second kappa shape index (κ2) is 9.02. The Labute approximate surface area is 128 Å². The fraction of sp³-hybridized carbons (Fsp3) is 0.235. The molecule has 20 heavy (non-hydrogen) atoms. The lowest BCUT2D eigenvalue weighted by atomic mass is 10.1. The lowest BCUT2D eigenvalue weighted by Crippen LogP contribution is -2.15. The summed E-state index contributed by atoms with van der Waals surface area (Å²) >= 11 is 3.37. The van der Waals surface area contributed by atoms with Crippen molar-refractivity contribution in [3.8, 4) is 23.7 Å². The number of carbonyl (C=O) groups excluding carboxylic acids is 1. The molecule has 0 aliphatic heterocycles. The summed E-state index contributed by atoms with van der Waals surface area (Å²) in [5.74, 6) is 10.3. The average molecular weight is 331 g/mol. The van der Waals surface area contributed by atoms with Gasteiger partial charge in [0.15, 0.2) is 6.10 Å². The van der Waals surface area contributed by atoms with Crippen LogP contribution in [0.5, 0.6) is 0 Å². The molecule has 1 rings (SSSR count). The Morgan fingerprint density at radius 3 is 2.75 bits per heavy atom. The van der Waals surface area contributed by atoms with Crippen LogP contribution < -0.4 is 0 Å². The summed E-state index contributed by atoms with van der Waals surface area (Å²) in [7, 11) is 0. The van der Waals surface area contributed by atoms with E-state index in [9.17, 15) is 4.79 Å². The largest absolute Gasteiger partial charge is 0.440 e. The number of ether oxygens (including phenoxy) is 1. The first kappa shape index (κ1) is 16.1. The minimum atomic E-state index is -0.549. The topological polar surface area (TPSA) is 26.3 Å². The van der Waals surface area contributed by atoms with Gasteiger partial charge in [0.1, 0.15) is 0 Å². The van der Waals surface area contributed by atoms with Crippen LogP contribution in [0, 0.1) is 23.7 Å². The fourth-order valence-electron chi connectivity index (χ4n) is 1.39. The van der Waals surface area contributed by atoms with Crippen molar-refractivity contribution in [1.82, 2.24) is 0 Å². The molecule has 102 valence electrons. The Bertz CT molecular complexity index is 579. The van der Waals surface area contributed by atoms with E-state index in [1.807, 2.05) is 24.3 Å². The molecule has 0 saturated heterocycles. The lowest BCUT2D eigenvalue weighted by Gasteiger charge is -2.08. The van der Waals surface area contributed by atoms with Gasteiger partial charge in [-0.05, 0) is 44.0 Å². The van der Waals surface area contributed by atoms with Gasteiger partial charge < -0.3 is 4.74 Å². The Hall–Kier alpha value is -1.97. The Kier molecular flexibility index (Phi) is 7.25. The number of allylic oxidation sites excluding steroid dienone is 1. The molecule has 1 aromatic rings. The van der Waals surface area contributed by atoms with Gasteiger partial charge in [0, 0.05) is 16.0 Å². The molecule has 0 N–H and O–H groups in total. The molecular weight excluding hydrogens is 316 g/mol. The van der Waals surface area contributed by atoms with Crippen LogP contribution in [0.1, 0.15) is 25.3 Å². The van der Waals surface area contributed by atoms with Gasteiger partial charge in [0.25, 0.3) is 0 Å². The monoisotopic (exact) mass is 330 g/mol. The Morgan fingerprint density at radius 1 is 1.45 bits per heavy atom. The molecule has 0 aromatic heterocycles. The molecule has 1 unspecified atom stereocenters. The quantitative estimate of drug-likeness (QED) is 0.364. The fourth-order valence-corrected chi connectivity index (χ4v) is 1.65. The van der Waals surface area contributed by atoms with E-state index in [1.165, 1.54) is 0 Å². The van der Waals surface area contributed by atoms with Crippen molar-refractivity contribution in [3.63, 3.8) is 0 Å². The Morgan fingerprint density at radius 2 is 2.15 bits per heavy atom. The molecular formula is C17H15BrO2. The zero-order valence-corrected chi connectivity index (χ0v) is 12.9. The van der Waals surface area contributed by atoms with Gasteiger partial charge in [-0.1, -0.05) is 39.8 Å². The molecule has 0 aliphatic rings. The lowest BCUT2D eigenvalue weighted by molar-refractivity contribution is -0.139. The highest BCUT2D eigenvalue weighted by molar-refractivity contribution is 9.10. The highest BCUT2D eigenvalue weighted by Gasteiger charge is 2.08. The number of hydrogen-bond donors (Lipinski definition) is 0. The maximum absolute atomic E-state index is 11.4. The standard InChI is InChI=1S/C17H15BrO2/c1-3-5-7-16(20-17(19)6-4-2)13-10-14-8-11-15(18)12-9-14/h3,8-9,11-12,16H,1,5,7H2,2H3. The van der Waals surface area contributed by atoms with Crippen LogP contribution in [0.15, 0.2) is 41.4 Å². The summed E-state index contributed by atoms with van der Waals surface area (Å²) in [5.41, 5.74) is 0.870. The smallest absolute Gasteiger partial charge is 0.385 e.